The molecule has 0 aliphatic carbocycles. The molecule has 0 atom stereocenters. The topological polar surface area (TPSA) is 77.9 Å². The van der Waals surface area contributed by atoms with Gasteiger partial charge in [0.25, 0.3) is 5.91 Å². The van der Waals surface area contributed by atoms with E-state index < -0.39 is 5.97 Å². The highest BCUT2D eigenvalue weighted by Crippen LogP contribution is 2.33. The molecule has 0 unspecified atom stereocenters. The van der Waals surface area contributed by atoms with Crippen LogP contribution in [0.3, 0.4) is 0 Å². The summed E-state index contributed by atoms with van der Waals surface area (Å²) in [7, 11) is 0. The van der Waals surface area contributed by atoms with E-state index in [-0.39, 0.29) is 17.7 Å². The number of thiocarbonyl (C=S) groups is 1. The average Bonchev–Trinajstić information content (AvgIpc) is 3.25. The van der Waals surface area contributed by atoms with Crippen LogP contribution in [0.1, 0.15) is 30.6 Å². The summed E-state index contributed by atoms with van der Waals surface area (Å²) in [6, 6.07) is 3.88. The minimum atomic E-state index is -0.785. The number of thioether (sulfide) groups is 1. The molecule has 2 fully saturated rings. The lowest BCUT2D eigenvalue weighted by Crippen LogP contribution is -2.40. The second-order valence-electron chi connectivity index (χ2n) is 6.45. The highest BCUT2D eigenvalue weighted by molar-refractivity contribution is 8.26. The first-order valence-corrected chi connectivity index (χ1v) is 10.9. The van der Waals surface area contributed by atoms with Crippen molar-refractivity contribution in [2.24, 2.45) is 5.92 Å². The molecule has 1 aromatic rings. The third kappa shape index (κ3) is 4.97. The van der Waals surface area contributed by atoms with E-state index in [9.17, 15) is 14.4 Å². The summed E-state index contributed by atoms with van der Waals surface area (Å²) in [4.78, 5) is 40.7. The van der Waals surface area contributed by atoms with Gasteiger partial charge in [0.2, 0.25) is 5.91 Å². The Balaban J connectivity index is 1.46. The number of thiophene rings is 1. The van der Waals surface area contributed by atoms with E-state index in [2.05, 4.69) is 0 Å². The number of aliphatic carboxylic acids is 1. The van der Waals surface area contributed by atoms with Crippen molar-refractivity contribution >= 4 is 63.5 Å². The van der Waals surface area contributed by atoms with Crippen LogP contribution in [-0.4, -0.2) is 56.6 Å². The van der Waals surface area contributed by atoms with E-state index in [1.165, 1.54) is 11.8 Å². The van der Waals surface area contributed by atoms with E-state index in [0.717, 1.165) is 4.88 Å². The Hall–Kier alpha value is -1.71. The molecule has 0 bridgehead atoms. The third-order valence-electron chi connectivity index (χ3n) is 4.66. The van der Waals surface area contributed by atoms with Gasteiger partial charge < -0.3 is 10.0 Å². The number of hydrogen-bond acceptors (Lipinski definition) is 6. The minimum absolute atomic E-state index is 0.0124. The molecule has 1 N–H and O–H groups in total. The van der Waals surface area contributed by atoms with Gasteiger partial charge in [-0.05, 0) is 36.8 Å². The summed E-state index contributed by atoms with van der Waals surface area (Å²) in [5.74, 6) is -1.22. The van der Waals surface area contributed by atoms with Crippen LogP contribution in [0.5, 0.6) is 0 Å². The van der Waals surface area contributed by atoms with Crippen LogP contribution in [0.2, 0.25) is 0 Å². The molecule has 2 aliphatic heterocycles. The van der Waals surface area contributed by atoms with Gasteiger partial charge in [0.15, 0.2) is 0 Å². The van der Waals surface area contributed by atoms with Crippen molar-refractivity contribution in [2.75, 3.05) is 19.6 Å². The predicted octanol–water partition coefficient (Wildman–Crippen LogP) is 3.05. The minimum Gasteiger partial charge on any atom is -0.481 e. The van der Waals surface area contributed by atoms with E-state index in [1.54, 1.807) is 21.1 Å². The SMILES string of the molecule is O=C(O)C1CCN(C(=O)CCCN2C(=O)C(=Cc3cccs3)SC2=S)CC1. The van der Waals surface area contributed by atoms with Gasteiger partial charge in [-0.25, -0.2) is 0 Å². The number of carboxylic acids is 1. The smallest absolute Gasteiger partial charge is 0.306 e. The third-order valence-corrected chi connectivity index (χ3v) is 6.86. The molecule has 3 heterocycles. The van der Waals surface area contributed by atoms with E-state index in [0.29, 0.717) is 54.5 Å². The highest BCUT2D eigenvalue weighted by Gasteiger charge is 2.32. The fraction of sp³-hybridized carbons (Fsp3) is 0.444. The largest absolute Gasteiger partial charge is 0.481 e. The lowest BCUT2D eigenvalue weighted by molar-refractivity contribution is -0.145. The number of hydrogen-bond donors (Lipinski definition) is 1. The number of piperidine rings is 1. The van der Waals surface area contributed by atoms with E-state index >= 15 is 0 Å². The molecule has 9 heteroatoms. The maximum absolute atomic E-state index is 12.5. The summed E-state index contributed by atoms with van der Waals surface area (Å²) in [5, 5.41) is 11.0. The molecule has 6 nitrogen and oxygen atoms in total. The molecule has 3 rings (SSSR count). The number of nitrogens with zero attached hydrogens (tertiary/aromatic N) is 2. The highest BCUT2D eigenvalue weighted by atomic mass is 32.2. The van der Waals surface area contributed by atoms with E-state index in [4.69, 9.17) is 17.3 Å². The number of rotatable bonds is 6. The Morgan fingerprint density at radius 1 is 1.33 bits per heavy atom. The standard InChI is InChI=1S/C18H20N2O4S3/c21-15(19-8-5-12(6-9-19)17(23)24)4-1-7-20-16(22)14(27-18(20)25)11-13-3-2-10-26-13/h2-3,10-12H,1,4-9H2,(H,23,24). The molecule has 0 aromatic carbocycles. The molecule has 27 heavy (non-hydrogen) atoms. The normalized spacial score (nSPS) is 19.9. The van der Waals surface area contributed by atoms with Crippen molar-refractivity contribution in [3.8, 4) is 0 Å². The number of carbonyl (C=O) groups is 3. The van der Waals surface area contributed by atoms with Crippen molar-refractivity contribution in [2.45, 2.75) is 25.7 Å². The number of carboxylic acid groups (broad SMARTS) is 1. The Labute approximate surface area is 171 Å². The molecule has 0 saturated carbocycles. The second kappa shape index (κ2) is 8.99. The van der Waals surface area contributed by atoms with Gasteiger partial charge in [-0.2, -0.15) is 0 Å². The van der Waals surface area contributed by atoms with Crippen LogP contribution in [0.15, 0.2) is 22.4 Å². The van der Waals surface area contributed by atoms with Crippen LogP contribution in [0.25, 0.3) is 6.08 Å². The zero-order chi connectivity index (χ0) is 19.4. The molecule has 0 radical (unpaired) electrons. The van der Waals surface area contributed by atoms with E-state index in [1.807, 2.05) is 23.6 Å². The summed E-state index contributed by atoms with van der Waals surface area (Å²) in [6.07, 6.45) is 3.73. The predicted molar refractivity (Wildman–Crippen MR) is 110 cm³/mol. The quantitative estimate of drug-likeness (QED) is 0.559. The Morgan fingerprint density at radius 2 is 2.07 bits per heavy atom. The van der Waals surface area contributed by atoms with Crippen molar-refractivity contribution in [1.82, 2.24) is 9.80 Å². The first kappa shape index (κ1) is 20.0. The summed E-state index contributed by atoms with van der Waals surface area (Å²) in [6.45, 7) is 1.39. The maximum atomic E-state index is 12.5. The van der Waals surface area contributed by atoms with Gasteiger partial charge in [0.1, 0.15) is 4.32 Å². The fourth-order valence-electron chi connectivity index (χ4n) is 3.12. The lowest BCUT2D eigenvalue weighted by atomic mass is 9.97. The number of amides is 2. The zero-order valence-corrected chi connectivity index (χ0v) is 17.1. The number of likely N-dealkylation sites (tertiary alicyclic amines) is 1. The molecule has 2 saturated heterocycles. The zero-order valence-electron chi connectivity index (χ0n) is 14.6. The average molecular weight is 425 g/mol. The fourth-order valence-corrected chi connectivity index (χ4v) is 5.15. The second-order valence-corrected chi connectivity index (χ2v) is 9.10. The molecule has 144 valence electrons. The summed E-state index contributed by atoms with van der Waals surface area (Å²) in [5.41, 5.74) is 0. The molecular formula is C18H20N2O4S3. The van der Waals surface area contributed by atoms with Crippen LogP contribution in [0, 0.1) is 5.92 Å². The first-order chi connectivity index (χ1) is 13.0. The summed E-state index contributed by atoms with van der Waals surface area (Å²) >= 11 is 8.17. The van der Waals surface area contributed by atoms with Gasteiger partial charge in [-0.3, -0.25) is 19.3 Å². The van der Waals surface area contributed by atoms with Crippen molar-refractivity contribution in [3.63, 3.8) is 0 Å². The Bertz CT molecular complexity index is 768. The van der Waals surface area contributed by atoms with Crippen molar-refractivity contribution in [1.29, 1.82) is 0 Å². The summed E-state index contributed by atoms with van der Waals surface area (Å²) < 4.78 is 0.525. The van der Waals surface area contributed by atoms with Gasteiger partial charge in [0.05, 0.1) is 10.8 Å². The van der Waals surface area contributed by atoms with Crippen LogP contribution < -0.4 is 0 Å². The molecular weight excluding hydrogens is 404 g/mol. The van der Waals surface area contributed by atoms with Crippen LogP contribution in [0.4, 0.5) is 0 Å². The lowest BCUT2D eigenvalue weighted by Gasteiger charge is -2.30. The maximum Gasteiger partial charge on any atom is 0.306 e. The first-order valence-electron chi connectivity index (χ1n) is 8.75. The van der Waals surface area contributed by atoms with Gasteiger partial charge in [-0.15, -0.1) is 11.3 Å². The van der Waals surface area contributed by atoms with Crippen molar-refractivity contribution in [3.05, 3.63) is 27.3 Å². The van der Waals surface area contributed by atoms with Gasteiger partial charge >= 0.3 is 5.97 Å². The van der Waals surface area contributed by atoms with Gasteiger partial charge in [0, 0.05) is 30.9 Å². The molecule has 0 spiro atoms. The monoisotopic (exact) mass is 424 g/mol. The van der Waals surface area contributed by atoms with Crippen LogP contribution >= 0.6 is 35.3 Å². The Morgan fingerprint density at radius 3 is 2.70 bits per heavy atom. The number of carbonyl (C=O) groups excluding carboxylic acids is 2. The molecule has 2 amide bonds. The van der Waals surface area contributed by atoms with Gasteiger partial charge in [-0.1, -0.05) is 30.0 Å². The molecule has 2 aliphatic rings. The Kier molecular flexibility index (Phi) is 6.67. The van der Waals surface area contributed by atoms with Crippen LogP contribution in [-0.2, 0) is 14.4 Å². The van der Waals surface area contributed by atoms with Crippen molar-refractivity contribution < 1.29 is 19.5 Å². The molecule has 1 aromatic heterocycles.